The number of methoxy groups -OCH3 is 2. The molecule has 2 rings (SSSR count). The molecule has 98 valence electrons. The molecule has 0 spiro atoms. The molecule has 2 atom stereocenters. The lowest BCUT2D eigenvalue weighted by molar-refractivity contribution is -0.137. The van der Waals surface area contributed by atoms with E-state index in [-0.39, 0.29) is 18.4 Å². The van der Waals surface area contributed by atoms with E-state index in [1.807, 2.05) is 6.07 Å². The highest BCUT2D eigenvalue weighted by Gasteiger charge is 2.33. The SMILES string of the molecule is COc1cc(OC)c2c(c1)C(N)CC2CC(=O)O. The smallest absolute Gasteiger partial charge is 0.303 e. The molecule has 5 nitrogen and oxygen atoms in total. The molecular formula is C13H17NO4. The summed E-state index contributed by atoms with van der Waals surface area (Å²) in [6.07, 6.45) is 0.703. The zero-order valence-electron chi connectivity index (χ0n) is 10.5. The quantitative estimate of drug-likeness (QED) is 0.850. The summed E-state index contributed by atoms with van der Waals surface area (Å²) in [7, 11) is 3.15. The first-order valence-corrected chi connectivity index (χ1v) is 5.80. The Morgan fingerprint density at radius 3 is 2.72 bits per heavy atom. The summed E-state index contributed by atoms with van der Waals surface area (Å²) in [6, 6.07) is 3.48. The molecule has 0 amide bonds. The largest absolute Gasteiger partial charge is 0.497 e. The monoisotopic (exact) mass is 251 g/mol. The lowest BCUT2D eigenvalue weighted by Crippen LogP contribution is -2.07. The molecule has 0 aromatic heterocycles. The molecule has 3 N–H and O–H groups in total. The van der Waals surface area contributed by atoms with Crippen molar-refractivity contribution in [2.45, 2.75) is 24.8 Å². The van der Waals surface area contributed by atoms with Crippen LogP contribution in [0.3, 0.4) is 0 Å². The standard InChI is InChI=1S/C13H17NO4/c1-17-8-5-9-10(14)3-7(4-12(15)16)13(9)11(6-8)18-2/h5-7,10H,3-4,14H2,1-2H3,(H,15,16). The fourth-order valence-electron chi connectivity index (χ4n) is 2.60. The van der Waals surface area contributed by atoms with Crippen LogP contribution in [0.25, 0.3) is 0 Å². The number of carboxylic acids is 1. The van der Waals surface area contributed by atoms with Crippen molar-refractivity contribution in [2.24, 2.45) is 5.73 Å². The predicted molar refractivity (Wildman–Crippen MR) is 66.1 cm³/mol. The molecule has 0 fully saturated rings. The third kappa shape index (κ3) is 2.13. The number of aliphatic carboxylic acids is 1. The third-order valence-corrected chi connectivity index (χ3v) is 3.37. The van der Waals surface area contributed by atoms with E-state index >= 15 is 0 Å². The van der Waals surface area contributed by atoms with Crippen LogP contribution in [0.5, 0.6) is 11.5 Å². The summed E-state index contributed by atoms with van der Waals surface area (Å²) in [6.45, 7) is 0. The van der Waals surface area contributed by atoms with Crippen LogP contribution in [0.4, 0.5) is 0 Å². The van der Waals surface area contributed by atoms with E-state index in [1.165, 1.54) is 0 Å². The second-order valence-corrected chi connectivity index (χ2v) is 4.47. The second-order valence-electron chi connectivity index (χ2n) is 4.47. The van der Waals surface area contributed by atoms with Gasteiger partial charge in [0.15, 0.2) is 0 Å². The molecule has 1 aliphatic carbocycles. The van der Waals surface area contributed by atoms with Gasteiger partial charge in [0, 0.05) is 23.6 Å². The van der Waals surface area contributed by atoms with Crippen molar-refractivity contribution in [2.75, 3.05) is 14.2 Å². The molecule has 0 heterocycles. The van der Waals surface area contributed by atoms with Gasteiger partial charge in [0.2, 0.25) is 0 Å². The van der Waals surface area contributed by atoms with E-state index in [0.29, 0.717) is 17.9 Å². The zero-order chi connectivity index (χ0) is 13.3. The summed E-state index contributed by atoms with van der Waals surface area (Å²) in [5.74, 6) is 0.423. The van der Waals surface area contributed by atoms with Crippen LogP contribution in [-0.2, 0) is 4.79 Å². The number of fused-ring (bicyclic) bond motifs is 1. The Labute approximate surface area is 106 Å². The van der Waals surface area contributed by atoms with Gasteiger partial charge in [-0.2, -0.15) is 0 Å². The lowest BCUT2D eigenvalue weighted by atomic mass is 9.97. The van der Waals surface area contributed by atoms with Gasteiger partial charge in [-0.25, -0.2) is 0 Å². The van der Waals surface area contributed by atoms with Gasteiger partial charge >= 0.3 is 5.97 Å². The minimum Gasteiger partial charge on any atom is -0.497 e. The van der Waals surface area contributed by atoms with Crippen LogP contribution in [0, 0.1) is 0 Å². The number of carboxylic acid groups (broad SMARTS) is 1. The minimum atomic E-state index is -0.821. The van der Waals surface area contributed by atoms with Crippen LogP contribution in [0.2, 0.25) is 0 Å². The third-order valence-electron chi connectivity index (χ3n) is 3.37. The van der Waals surface area contributed by atoms with E-state index in [0.717, 1.165) is 11.1 Å². The average molecular weight is 251 g/mol. The number of benzene rings is 1. The Bertz CT molecular complexity index is 472. The van der Waals surface area contributed by atoms with Crippen molar-refractivity contribution >= 4 is 5.97 Å². The normalized spacial score (nSPS) is 21.5. The van der Waals surface area contributed by atoms with Gasteiger partial charge in [0.25, 0.3) is 0 Å². The topological polar surface area (TPSA) is 81.8 Å². The lowest BCUT2D eigenvalue weighted by Gasteiger charge is -2.14. The van der Waals surface area contributed by atoms with Crippen LogP contribution < -0.4 is 15.2 Å². The van der Waals surface area contributed by atoms with Crippen molar-refractivity contribution < 1.29 is 19.4 Å². The minimum absolute atomic E-state index is 0.0728. The van der Waals surface area contributed by atoms with Crippen LogP contribution >= 0.6 is 0 Å². The zero-order valence-corrected chi connectivity index (χ0v) is 10.5. The molecule has 18 heavy (non-hydrogen) atoms. The molecule has 2 unspecified atom stereocenters. The fraction of sp³-hybridized carbons (Fsp3) is 0.462. The molecule has 0 aliphatic heterocycles. The van der Waals surface area contributed by atoms with Crippen molar-refractivity contribution in [3.8, 4) is 11.5 Å². The predicted octanol–water partition coefficient (Wildman–Crippen LogP) is 1.67. The van der Waals surface area contributed by atoms with Crippen LogP contribution in [-0.4, -0.2) is 25.3 Å². The number of hydrogen-bond donors (Lipinski definition) is 2. The van der Waals surface area contributed by atoms with Gasteiger partial charge in [-0.1, -0.05) is 0 Å². The molecular weight excluding hydrogens is 234 g/mol. The van der Waals surface area contributed by atoms with E-state index in [2.05, 4.69) is 0 Å². The van der Waals surface area contributed by atoms with Crippen LogP contribution in [0.1, 0.15) is 35.9 Å². The number of ether oxygens (including phenoxy) is 2. The molecule has 0 saturated heterocycles. The summed E-state index contributed by atoms with van der Waals surface area (Å²) in [5, 5.41) is 8.94. The number of hydrogen-bond acceptors (Lipinski definition) is 4. The maximum Gasteiger partial charge on any atom is 0.303 e. The first-order valence-electron chi connectivity index (χ1n) is 5.80. The van der Waals surface area contributed by atoms with Crippen molar-refractivity contribution in [3.05, 3.63) is 23.3 Å². The van der Waals surface area contributed by atoms with Crippen molar-refractivity contribution in [3.63, 3.8) is 0 Å². The van der Waals surface area contributed by atoms with Gasteiger partial charge in [-0.05, 0) is 18.1 Å². The highest BCUT2D eigenvalue weighted by atomic mass is 16.5. The average Bonchev–Trinajstić information content (AvgIpc) is 2.64. The Kier molecular flexibility index (Phi) is 3.43. The Balaban J connectivity index is 2.47. The summed E-state index contributed by atoms with van der Waals surface area (Å²) in [4.78, 5) is 10.9. The van der Waals surface area contributed by atoms with Gasteiger partial charge in [0.05, 0.1) is 20.6 Å². The van der Waals surface area contributed by atoms with Crippen molar-refractivity contribution in [1.82, 2.24) is 0 Å². The molecule has 5 heteroatoms. The highest BCUT2D eigenvalue weighted by Crippen LogP contribution is 2.47. The maximum atomic E-state index is 10.9. The van der Waals surface area contributed by atoms with E-state index < -0.39 is 5.97 Å². The van der Waals surface area contributed by atoms with Gasteiger partial charge in [0.1, 0.15) is 11.5 Å². The van der Waals surface area contributed by atoms with E-state index in [1.54, 1.807) is 20.3 Å². The summed E-state index contributed by atoms with van der Waals surface area (Å²) in [5.41, 5.74) is 7.89. The number of carbonyl (C=O) groups is 1. The molecule has 1 aliphatic rings. The Morgan fingerprint density at radius 2 is 2.17 bits per heavy atom. The second kappa shape index (κ2) is 4.86. The highest BCUT2D eigenvalue weighted by molar-refractivity contribution is 5.69. The van der Waals surface area contributed by atoms with E-state index in [9.17, 15) is 4.79 Å². The van der Waals surface area contributed by atoms with Gasteiger partial charge in [-0.15, -0.1) is 0 Å². The molecule has 1 aromatic rings. The number of nitrogens with two attached hydrogens (primary N) is 1. The molecule has 0 radical (unpaired) electrons. The fourth-order valence-corrected chi connectivity index (χ4v) is 2.60. The summed E-state index contributed by atoms with van der Waals surface area (Å²) < 4.78 is 10.5. The molecule has 0 bridgehead atoms. The van der Waals surface area contributed by atoms with E-state index in [4.69, 9.17) is 20.3 Å². The molecule has 0 saturated carbocycles. The molecule has 1 aromatic carbocycles. The Morgan fingerprint density at radius 1 is 1.44 bits per heavy atom. The first-order chi connectivity index (χ1) is 8.56. The number of rotatable bonds is 4. The van der Waals surface area contributed by atoms with Crippen molar-refractivity contribution in [1.29, 1.82) is 0 Å². The first kappa shape index (κ1) is 12.7. The van der Waals surface area contributed by atoms with Gasteiger partial charge in [-0.3, -0.25) is 4.79 Å². The van der Waals surface area contributed by atoms with Crippen LogP contribution in [0.15, 0.2) is 12.1 Å². The maximum absolute atomic E-state index is 10.9. The Hall–Kier alpha value is -1.75. The van der Waals surface area contributed by atoms with Gasteiger partial charge < -0.3 is 20.3 Å². The summed E-state index contributed by atoms with van der Waals surface area (Å²) >= 11 is 0.